The number of hydrogen-bond donors (Lipinski definition) is 1. The summed E-state index contributed by atoms with van der Waals surface area (Å²) in [5.41, 5.74) is -0.795. The molecule has 0 saturated carbocycles. The highest BCUT2D eigenvalue weighted by molar-refractivity contribution is 7.80. The van der Waals surface area contributed by atoms with Crippen molar-refractivity contribution in [3.8, 4) is 5.75 Å². The normalized spacial score (nSPS) is 14.3. The molecule has 0 radical (unpaired) electrons. The van der Waals surface area contributed by atoms with E-state index in [0.717, 1.165) is 6.07 Å². The summed E-state index contributed by atoms with van der Waals surface area (Å²) in [5.74, 6) is 0.528. The molecular weight excluding hydrogens is 273 g/mol. The molecular formula is C14H19F3OS. The van der Waals surface area contributed by atoms with Crippen LogP contribution in [0.1, 0.15) is 26.3 Å². The Balaban J connectivity index is 2.84. The van der Waals surface area contributed by atoms with Crippen molar-refractivity contribution in [1.82, 2.24) is 0 Å². The highest BCUT2D eigenvalue weighted by atomic mass is 32.1. The predicted octanol–water partition coefficient (Wildman–Crippen LogP) is 4.68. The van der Waals surface area contributed by atoms with Crippen molar-refractivity contribution in [3.05, 3.63) is 29.8 Å². The van der Waals surface area contributed by atoms with Crippen LogP contribution in [0.5, 0.6) is 5.75 Å². The fourth-order valence-corrected chi connectivity index (χ4v) is 2.25. The molecule has 1 rings (SSSR count). The highest BCUT2D eigenvalue weighted by Crippen LogP contribution is 2.36. The van der Waals surface area contributed by atoms with Gasteiger partial charge >= 0.3 is 6.18 Å². The molecule has 1 unspecified atom stereocenters. The van der Waals surface area contributed by atoms with E-state index in [4.69, 9.17) is 4.74 Å². The SMILES string of the molecule is CC(C)(C)C(CS)COc1ccccc1C(F)(F)F. The molecule has 19 heavy (non-hydrogen) atoms. The van der Waals surface area contributed by atoms with Crippen molar-refractivity contribution in [2.45, 2.75) is 26.9 Å². The van der Waals surface area contributed by atoms with Gasteiger partial charge in [-0.1, -0.05) is 32.9 Å². The Morgan fingerprint density at radius 3 is 2.21 bits per heavy atom. The Morgan fingerprint density at radius 2 is 1.74 bits per heavy atom. The first-order valence-electron chi connectivity index (χ1n) is 6.06. The zero-order valence-electron chi connectivity index (χ0n) is 11.3. The van der Waals surface area contributed by atoms with E-state index >= 15 is 0 Å². The second-order valence-electron chi connectivity index (χ2n) is 5.55. The van der Waals surface area contributed by atoms with Gasteiger partial charge in [0.15, 0.2) is 0 Å². The molecule has 0 amide bonds. The van der Waals surface area contributed by atoms with E-state index in [1.165, 1.54) is 18.2 Å². The molecule has 0 N–H and O–H groups in total. The lowest BCUT2D eigenvalue weighted by molar-refractivity contribution is -0.139. The van der Waals surface area contributed by atoms with Gasteiger partial charge < -0.3 is 4.74 Å². The molecule has 0 aliphatic carbocycles. The third kappa shape index (κ3) is 4.64. The molecule has 5 heteroatoms. The van der Waals surface area contributed by atoms with Gasteiger partial charge in [0.05, 0.1) is 12.2 Å². The number of ether oxygens (including phenoxy) is 1. The molecule has 108 valence electrons. The van der Waals surface area contributed by atoms with Crippen molar-refractivity contribution in [3.63, 3.8) is 0 Å². The molecule has 0 spiro atoms. The van der Waals surface area contributed by atoms with Crippen molar-refractivity contribution in [1.29, 1.82) is 0 Å². The molecule has 0 aliphatic heterocycles. The number of thiol groups is 1. The molecule has 0 heterocycles. The first-order chi connectivity index (χ1) is 8.66. The minimum absolute atomic E-state index is 0.0606. The predicted molar refractivity (Wildman–Crippen MR) is 73.7 cm³/mol. The summed E-state index contributed by atoms with van der Waals surface area (Å²) in [5, 5.41) is 0. The molecule has 1 aromatic rings. The maximum Gasteiger partial charge on any atom is 0.419 e. The minimum Gasteiger partial charge on any atom is -0.493 e. The zero-order chi connectivity index (χ0) is 14.7. The van der Waals surface area contributed by atoms with Gasteiger partial charge in [-0.3, -0.25) is 0 Å². The molecule has 1 nitrogen and oxygen atoms in total. The van der Waals surface area contributed by atoms with Crippen LogP contribution in [0.15, 0.2) is 24.3 Å². The van der Waals surface area contributed by atoms with Crippen molar-refractivity contribution in [2.75, 3.05) is 12.4 Å². The van der Waals surface area contributed by atoms with E-state index in [-0.39, 0.29) is 23.7 Å². The van der Waals surface area contributed by atoms with Crippen LogP contribution in [0, 0.1) is 11.3 Å². The van der Waals surface area contributed by atoms with Crippen molar-refractivity contribution < 1.29 is 17.9 Å². The van der Waals surface area contributed by atoms with E-state index < -0.39 is 11.7 Å². The topological polar surface area (TPSA) is 9.23 Å². The van der Waals surface area contributed by atoms with Gasteiger partial charge in [0.2, 0.25) is 0 Å². The maximum atomic E-state index is 12.8. The lowest BCUT2D eigenvalue weighted by Gasteiger charge is -2.29. The van der Waals surface area contributed by atoms with Gasteiger partial charge in [0.1, 0.15) is 5.75 Å². The Hall–Kier alpha value is -0.840. The average Bonchev–Trinajstić information content (AvgIpc) is 2.27. The number of halogens is 3. The van der Waals surface area contributed by atoms with Crippen molar-refractivity contribution in [2.24, 2.45) is 11.3 Å². The number of benzene rings is 1. The van der Waals surface area contributed by atoms with Crippen LogP contribution in [0.2, 0.25) is 0 Å². The second kappa shape index (κ2) is 6.07. The summed E-state index contributed by atoms with van der Waals surface area (Å²) in [6.07, 6.45) is -4.39. The largest absolute Gasteiger partial charge is 0.493 e. The molecule has 1 aromatic carbocycles. The number of alkyl halides is 3. The Kier molecular flexibility index (Phi) is 5.18. The summed E-state index contributed by atoms with van der Waals surface area (Å²) in [6.45, 7) is 6.28. The van der Waals surface area contributed by atoms with E-state index in [2.05, 4.69) is 12.6 Å². The summed E-state index contributed by atoms with van der Waals surface area (Å²) in [6, 6.07) is 5.27. The van der Waals surface area contributed by atoms with Crippen LogP contribution in [0.25, 0.3) is 0 Å². The second-order valence-corrected chi connectivity index (χ2v) is 5.92. The minimum atomic E-state index is -4.39. The first-order valence-corrected chi connectivity index (χ1v) is 6.69. The fourth-order valence-electron chi connectivity index (χ4n) is 1.59. The summed E-state index contributed by atoms with van der Waals surface area (Å²) < 4.78 is 43.8. The van der Waals surface area contributed by atoms with Crippen LogP contribution in [0.3, 0.4) is 0 Å². The third-order valence-electron chi connectivity index (χ3n) is 3.08. The molecule has 0 fully saturated rings. The van der Waals surface area contributed by atoms with Gasteiger partial charge in [-0.2, -0.15) is 25.8 Å². The monoisotopic (exact) mass is 292 g/mol. The van der Waals surface area contributed by atoms with Gasteiger partial charge in [0, 0.05) is 5.92 Å². The number of rotatable bonds is 4. The average molecular weight is 292 g/mol. The van der Waals surface area contributed by atoms with Gasteiger partial charge in [-0.25, -0.2) is 0 Å². The third-order valence-corrected chi connectivity index (χ3v) is 3.52. The molecule has 1 atom stereocenters. The molecule has 0 saturated heterocycles. The smallest absolute Gasteiger partial charge is 0.419 e. The Morgan fingerprint density at radius 1 is 1.16 bits per heavy atom. The summed E-state index contributed by atoms with van der Waals surface area (Å²) >= 11 is 4.24. The standard InChI is InChI=1S/C14H19F3OS/c1-13(2,3)10(9-19)8-18-12-7-5-4-6-11(12)14(15,16)17/h4-7,10,19H,8-9H2,1-3H3. The number of para-hydroxylation sites is 1. The van der Waals surface area contributed by atoms with E-state index in [0.29, 0.717) is 5.75 Å². The van der Waals surface area contributed by atoms with E-state index in [1.807, 2.05) is 20.8 Å². The Bertz CT molecular complexity index is 410. The number of hydrogen-bond acceptors (Lipinski definition) is 2. The quantitative estimate of drug-likeness (QED) is 0.793. The lowest BCUT2D eigenvalue weighted by Crippen LogP contribution is -2.28. The molecule has 0 bridgehead atoms. The van der Waals surface area contributed by atoms with E-state index in [1.54, 1.807) is 0 Å². The van der Waals surface area contributed by atoms with Gasteiger partial charge in [-0.15, -0.1) is 0 Å². The summed E-state index contributed by atoms with van der Waals surface area (Å²) in [4.78, 5) is 0. The lowest BCUT2D eigenvalue weighted by atomic mass is 9.82. The van der Waals surface area contributed by atoms with Gasteiger partial charge in [0.25, 0.3) is 0 Å². The van der Waals surface area contributed by atoms with E-state index in [9.17, 15) is 13.2 Å². The first kappa shape index (κ1) is 16.2. The van der Waals surface area contributed by atoms with Crippen LogP contribution in [-0.4, -0.2) is 12.4 Å². The van der Waals surface area contributed by atoms with Crippen LogP contribution in [-0.2, 0) is 6.18 Å². The van der Waals surface area contributed by atoms with Crippen molar-refractivity contribution >= 4 is 12.6 Å². The highest BCUT2D eigenvalue weighted by Gasteiger charge is 2.34. The molecule has 0 aromatic heterocycles. The van der Waals surface area contributed by atoms with Crippen LogP contribution < -0.4 is 4.74 Å². The zero-order valence-corrected chi connectivity index (χ0v) is 12.2. The fraction of sp³-hybridized carbons (Fsp3) is 0.571. The summed E-state index contributed by atoms with van der Waals surface area (Å²) in [7, 11) is 0. The van der Waals surface area contributed by atoms with Crippen LogP contribution in [0.4, 0.5) is 13.2 Å². The maximum absolute atomic E-state index is 12.8. The molecule has 0 aliphatic rings. The van der Waals surface area contributed by atoms with Gasteiger partial charge in [-0.05, 0) is 23.3 Å². The van der Waals surface area contributed by atoms with Crippen LogP contribution >= 0.6 is 12.6 Å². The Labute approximate surface area is 117 Å².